The Kier molecular flexibility index (Phi) is 14.8. The summed E-state index contributed by atoms with van der Waals surface area (Å²) >= 11 is 7.20. The van der Waals surface area contributed by atoms with Crippen LogP contribution >= 0.6 is 11.6 Å². The van der Waals surface area contributed by atoms with Gasteiger partial charge in [-0.25, -0.2) is 0 Å². The van der Waals surface area contributed by atoms with E-state index in [1.807, 2.05) is 24.3 Å². The zero-order chi connectivity index (χ0) is 48.5. The minimum Gasteiger partial charge on any atom is -0.497 e. The Morgan fingerprint density at radius 2 is 1.64 bits per heavy atom. The molecule has 14 nitrogen and oxygen atoms in total. The SMILES string of the molecule is C=C1C(C[C@@H]2O[C@H]3C[C@@H](C)[C@@H](CCC)O[C@H]3[C@H](C)[C@H]2OC(C)=O)O[C@@H](CC[C@H](O)C(=C)C[C@H](Cl)CC[C@@]23OC4[C@H]5O[C@@H](CC)CC[C@@H]5O[C@H]5C(O2)[C@]2(O[C@@H](c6ccc(OC)cc6)O[C@@H]32)O[C@@H]45)C[C@H]1C. The number of carbonyl (C=O) groups excluding carboxylic acids is 1. The van der Waals surface area contributed by atoms with Crippen LogP contribution in [-0.4, -0.2) is 133 Å². The van der Waals surface area contributed by atoms with Crippen LogP contribution in [0, 0.1) is 17.8 Å². The van der Waals surface area contributed by atoms with Gasteiger partial charge in [-0.2, -0.15) is 0 Å². The molecular formula is C54H77ClO14. The van der Waals surface area contributed by atoms with Crippen LogP contribution in [0.2, 0.25) is 0 Å². The van der Waals surface area contributed by atoms with Crippen molar-refractivity contribution < 1.29 is 66.7 Å². The summed E-state index contributed by atoms with van der Waals surface area (Å²) in [6.07, 6.45) is 3.47. The third kappa shape index (κ3) is 9.41. The van der Waals surface area contributed by atoms with Gasteiger partial charge in [0.15, 0.2) is 12.4 Å². The van der Waals surface area contributed by atoms with Gasteiger partial charge < -0.3 is 61.9 Å². The molecule has 0 aromatic heterocycles. The number of hydrogen-bond acceptors (Lipinski definition) is 14. The largest absolute Gasteiger partial charge is 0.497 e. The van der Waals surface area contributed by atoms with E-state index in [9.17, 15) is 9.90 Å². The molecular weight excluding hydrogens is 908 g/mol. The van der Waals surface area contributed by atoms with Crippen molar-refractivity contribution in [3.63, 3.8) is 0 Å². The Bertz CT molecular complexity index is 2000. The fraction of sp³-hybridized carbons (Fsp3) is 0.796. The molecule has 23 atom stereocenters. The number of aliphatic hydroxyl groups excluding tert-OH is 1. The van der Waals surface area contributed by atoms with Gasteiger partial charge in [0.05, 0.1) is 62.0 Å². The lowest BCUT2D eigenvalue weighted by molar-refractivity contribution is -0.328. The summed E-state index contributed by atoms with van der Waals surface area (Å²) in [7, 11) is 1.64. The number of ether oxygens (including phenoxy) is 12. The van der Waals surface area contributed by atoms with E-state index in [1.165, 1.54) is 6.92 Å². The molecule has 10 saturated heterocycles. The number of benzene rings is 1. The lowest BCUT2D eigenvalue weighted by atomic mass is 9.78. The molecule has 1 spiro atoms. The van der Waals surface area contributed by atoms with Crippen LogP contribution in [0.1, 0.15) is 137 Å². The third-order valence-electron chi connectivity index (χ3n) is 17.2. The first-order chi connectivity index (χ1) is 33.1. The molecule has 6 bridgehead atoms. The van der Waals surface area contributed by atoms with E-state index in [1.54, 1.807) is 7.11 Å². The summed E-state index contributed by atoms with van der Waals surface area (Å²) in [4.78, 5) is 12.4. The first kappa shape index (κ1) is 50.4. The first-order valence-electron chi connectivity index (χ1n) is 26.3. The molecule has 3 unspecified atom stereocenters. The zero-order valence-corrected chi connectivity index (χ0v) is 42.4. The van der Waals surface area contributed by atoms with Crippen molar-refractivity contribution in [1.29, 1.82) is 0 Å². The standard InChI is InChI=1S/C54H77ClO14/c1-10-12-39-29(5)25-42-45(63-39)31(7)44(59-32(8)56)43(62-42)26-41-30(6)27(3)24-37(60-41)17-19-38(57)28(4)23-34(55)21-22-53-52-54(69-51(65-52)33-13-15-36(58-9)16-14-33)50(68-53)49-48(67-54)47(66-53)46-40(64-49)20-18-35(11-2)61-46/h13-16,27,29,31,34-35,37-52,57H,4,6,10-12,17-26H2,1-3,5,7-9H3/t27-,29-,31-,34-,35+,37+,38+,39-,40+,41?,42+,43+,44-,45+,46+,47?,48+,49-,50?,51+,52+,53-,54-/m1/s1. The average Bonchev–Trinajstić information content (AvgIpc) is 3.89. The Balaban J connectivity index is 0.771. The molecule has 10 heterocycles. The Morgan fingerprint density at radius 1 is 0.855 bits per heavy atom. The number of aliphatic hydroxyl groups is 1. The molecule has 69 heavy (non-hydrogen) atoms. The maximum Gasteiger partial charge on any atom is 0.303 e. The van der Waals surface area contributed by atoms with E-state index < -0.39 is 66.0 Å². The van der Waals surface area contributed by atoms with E-state index >= 15 is 0 Å². The number of alkyl halides is 1. The van der Waals surface area contributed by atoms with Gasteiger partial charge in [0.1, 0.15) is 42.4 Å². The zero-order valence-electron chi connectivity index (χ0n) is 41.7. The van der Waals surface area contributed by atoms with Gasteiger partial charge in [-0.1, -0.05) is 66.3 Å². The quantitative estimate of drug-likeness (QED) is 0.0903. The summed E-state index contributed by atoms with van der Waals surface area (Å²) in [6.45, 7) is 21.1. The molecule has 384 valence electrons. The maximum absolute atomic E-state index is 12.4. The highest BCUT2D eigenvalue weighted by Crippen LogP contribution is 2.64. The Labute approximate surface area is 413 Å². The van der Waals surface area contributed by atoms with E-state index in [2.05, 4.69) is 47.8 Å². The molecule has 11 rings (SSSR count). The van der Waals surface area contributed by atoms with Crippen molar-refractivity contribution in [3.8, 4) is 5.75 Å². The molecule has 1 aromatic carbocycles. The normalized spacial score (nSPS) is 46.0. The van der Waals surface area contributed by atoms with Crippen molar-refractivity contribution in [3.05, 3.63) is 54.1 Å². The van der Waals surface area contributed by atoms with Gasteiger partial charge in [0, 0.05) is 36.6 Å². The molecule has 0 radical (unpaired) electrons. The number of rotatable bonds is 17. The number of fused-ring (bicyclic) bond motifs is 2. The van der Waals surface area contributed by atoms with Crippen LogP contribution in [0.15, 0.2) is 48.6 Å². The van der Waals surface area contributed by atoms with E-state index in [-0.39, 0.29) is 72.7 Å². The summed E-state index contributed by atoms with van der Waals surface area (Å²) < 4.78 is 79.9. The van der Waals surface area contributed by atoms with E-state index in [0.717, 1.165) is 61.8 Å². The third-order valence-corrected chi connectivity index (χ3v) is 17.6. The van der Waals surface area contributed by atoms with Crippen molar-refractivity contribution in [2.24, 2.45) is 17.8 Å². The van der Waals surface area contributed by atoms with Gasteiger partial charge in [-0.15, -0.1) is 11.6 Å². The fourth-order valence-corrected chi connectivity index (χ4v) is 13.7. The maximum atomic E-state index is 12.4. The second-order valence-electron chi connectivity index (χ2n) is 21.9. The molecule has 10 aliphatic heterocycles. The lowest BCUT2D eigenvalue weighted by Crippen LogP contribution is -2.62. The second-order valence-corrected chi connectivity index (χ2v) is 22.5. The number of methoxy groups -OCH3 is 1. The second kappa shape index (κ2) is 20.3. The van der Waals surface area contributed by atoms with Crippen LogP contribution in [0.3, 0.4) is 0 Å². The van der Waals surface area contributed by atoms with E-state index in [4.69, 9.17) is 68.4 Å². The van der Waals surface area contributed by atoms with Gasteiger partial charge in [-0.3, -0.25) is 4.79 Å². The molecule has 0 aliphatic carbocycles. The van der Waals surface area contributed by atoms with Crippen LogP contribution in [0.5, 0.6) is 5.75 Å². The molecule has 0 saturated carbocycles. The predicted molar refractivity (Wildman–Crippen MR) is 253 cm³/mol. The molecule has 0 amide bonds. The monoisotopic (exact) mass is 985 g/mol. The molecule has 10 fully saturated rings. The number of carbonyl (C=O) groups is 1. The van der Waals surface area contributed by atoms with Crippen molar-refractivity contribution >= 4 is 17.6 Å². The summed E-state index contributed by atoms with van der Waals surface area (Å²) in [6, 6.07) is 7.63. The summed E-state index contributed by atoms with van der Waals surface area (Å²) in [5.74, 6) is -1.59. The number of hydrogen-bond donors (Lipinski definition) is 1. The Morgan fingerprint density at radius 3 is 2.38 bits per heavy atom. The molecule has 15 heteroatoms. The van der Waals surface area contributed by atoms with Crippen LogP contribution in [-0.2, 0) is 56.9 Å². The topological polar surface area (TPSA) is 148 Å². The highest BCUT2D eigenvalue weighted by Gasteiger charge is 2.83. The molecule has 1 aromatic rings. The number of halogens is 1. The van der Waals surface area contributed by atoms with Crippen molar-refractivity contribution in [2.75, 3.05) is 7.11 Å². The van der Waals surface area contributed by atoms with Gasteiger partial charge >= 0.3 is 5.97 Å². The summed E-state index contributed by atoms with van der Waals surface area (Å²) in [5.41, 5.74) is 2.50. The van der Waals surface area contributed by atoms with Gasteiger partial charge in [0.2, 0.25) is 11.6 Å². The van der Waals surface area contributed by atoms with Crippen molar-refractivity contribution in [2.45, 2.75) is 246 Å². The van der Waals surface area contributed by atoms with Crippen LogP contribution in [0.25, 0.3) is 0 Å². The van der Waals surface area contributed by atoms with Gasteiger partial charge in [-0.05, 0) is 99.3 Å². The van der Waals surface area contributed by atoms with Gasteiger partial charge in [0.25, 0.3) is 0 Å². The van der Waals surface area contributed by atoms with Crippen LogP contribution < -0.4 is 4.74 Å². The molecule has 10 aliphatic rings. The van der Waals surface area contributed by atoms with E-state index in [0.29, 0.717) is 50.0 Å². The first-order valence-corrected chi connectivity index (χ1v) is 26.7. The predicted octanol–water partition coefficient (Wildman–Crippen LogP) is 8.57. The minimum absolute atomic E-state index is 0.0379. The average molecular weight is 986 g/mol. The minimum atomic E-state index is -1.26. The molecule has 1 N–H and O–H groups in total. The van der Waals surface area contributed by atoms with Crippen LogP contribution in [0.4, 0.5) is 0 Å². The number of esters is 1. The lowest BCUT2D eigenvalue weighted by Gasteiger charge is -2.51. The Hall–Kier alpha value is -2.18. The fourth-order valence-electron chi connectivity index (χ4n) is 13.4. The highest BCUT2D eigenvalue weighted by atomic mass is 35.5. The van der Waals surface area contributed by atoms with Crippen molar-refractivity contribution in [1.82, 2.24) is 0 Å². The smallest absolute Gasteiger partial charge is 0.303 e. The summed E-state index contributed by atoms with van der Waals surface area (Å²) in [5, 5.41) is 11.2. The highest BCUT2D eigenvalue weighted by molar-refractivity contribution is 6.20.